The number of β-amino-alcohol motifs (C(OH)–C–C–N with tert-alkyl or cyclic N) is 1. The number of hydrogen-bond donors (Lipinski definition) is 2. The molecule has 0 amide bonds. The van der Waals surface area contributed by atoms with Crippen LogP contribution in [0.4, 0.5) is 0 Å². The first-order valence-electron chi connectivity index (χ1n) is 5.89. The lowest BCUT2D eigenvalue weighted by Gasteiger charge is -2.26. The van der Waals surface area contributed by atoms with Crippen LogP contribution in [0.1, 0.15) is 12.5 Å². The van der Waals surface area contributed by atoms with Gasteiger partial charge in [-0.15, -0.1) is 0 Å². The third kappa shape index (κ3) is 2.11. The van der Waals surface area contributed by atoms with E-state index >= 15 is 0 Å². The van der Waals surface area contributed by atoms with E-state index in [2.05, 4.69) is 10.1 Å². The summed E-state index contributed by atoms with van der Waals surface area (Å²) in [6.07, 6.45) is 1.39. The Bertz CT molecular complexity index is 469. The van der Waals surface area contributed by atoms with Crippen LogP contribution in [0.15, 0.2) is 42.1 Å². The molecule has 1 aromatic carbocycles. The second-order valence-corrected chi connectivity index (χ2v) is 4.49. The van der Waals surface area contributed by atoms with Crippen LogP contribution in [0.5, 0.6) is 0 Å². The topological polar surface area (TPSA) is 58.6 Å². The van der Waals surface area contributed by atoms with Gasteiger partial charge in [0.25, 0.3) is 0 Å². The number of ether oxygens (including phenoxy) is 1. The van der Waals surface area contributed by atoms with Crippen molar-refractivity contribution in [1.29, 1.82) is 0 Å². The molecule has 0 bridgehead atoms. The number of carbonyl (C=O) groups is 1. The molecule has 2 atom stereocenters. The SMILES string of the molecule is COC(=O)/C=C1\NCC(O)(c2ccccc2)C1C. The van der Waals surface area contributed by atoms with Crippen molar-refractivity contribution in [3.05, 3.63) is 47.7 Å². The molecule has 1 saturated heterocycles. The number of rotatable bonds is 2. The zero-order valence-corrected chi connectivity index (χ0v) is 10.5. The Morgan fingerprint density at radius 1 is 1.50 bits per heavy atom. The zero-order valence-electron chi connectivity index (χ0n) is 10.5. The average Bonchev–Trinajstić information content (AvgIpc) is 2.69. The van der Waals surface area contributed by atoms with Crippen molar-refractivity contribution in [3.8, 4) is 0 Å². The molecule has 0 aromatic heterocycles. The zero-order chi connectivity index (χ0) is 13.2. The van der Waals surface area contributed by atoms with Crippen LogP contribution >= 0.6 is 0 Å². The maximum absolute atomic E-state index is 11.2. The molecule has 1 aliphatic rings. The van der Waals surface area contributed by atoms with Gasteiger partial charge in [-0.25, -0.2) is 4.79 Å². The van der Waals surface area contributed by atoms with Crippen molar-refractivity contribution in [3.63, 3.8) is 0 Å². The standard InChI is InChI=1S/C14H17NO3/c1-10-12(8-13(16)18-2)15-9-14(10,17)11-6-4-3-5-7-11/h3-8,10,15,17H,9H2,1-2H3/b12-8-. The maximum atomic E-state index is 11.2. The van der Waals surface area contributed by atoms with Gasteiger partial charge in [-0.2, -0.15) is 0 Å². The Labute approximate surface area is 106 Å². The molecule has 1 heterocycles. The predicted octanol–water partition coefficient (Wildman–Crippen LogP) is 1.17. The molecule has 4 nitrogen and oxygen atoms in total. The van der Waals surface area contributed by atoms with Gasteiger partial charge in [-0.05, 0) is 5.56 Å². The molecule has 0 aliphatic carbocycles. The normalized spacial score (nSPS) is 29.1. The first kappa shape index (κ1) is 12.6. The van der Waals surface area contributed by atoms with Gasteiger partial charge in [0, 0.05) is 24.2 Å². The third-order valence-electron chi connectivity index (χ3n) is 3.49. The van der Waals surface area contributed by atoms with Gasteiger partial charge in [-0.3, -0.25) is 0 Å². The lowest BCUT2D eigenvalue weighted by atomic mass is 9.84. The molecule has 2 unspecified atom stereocenters. The van der Waals surface area contributed by atoms with Crippen LogP contribution in [-0.2, 0) is 15.1 Å². The van der Waals surface area contributed by atoms with Crippen molar-refractivity contribution >= 4 is 5.97 Å². The summed E-state index contributed by atoms with van der Waals surface area (Å²) in [4.78, 5) is 11.2. The number of carbonyl (C=O) groups excluding carboxylic acids is 1. The van der Waals surface area contributed by atoms with E-state index in [9.17, 15) is 9.90 Å². The molecule has 2 rings (SSSR count). The van der Waals surface area contributed by atoms with Gasteiger partial charge >= 0.3 is 5.97 Å². The highest BCUT2D eigenvalue weighted by molar-refractivity contribution is 5.82. The Kier molecular flexibility index (Phi) is 3.39. The number of aliphatic hydroxyl groups is 1. The van der Waals surface area contributed by atoms with Gasteiger partial charge in [-0.1, -0.05) is 37.3 Å². The molecule has 1 fully saturated rings. The third-order valence-corrected chi connectivity index (χ3v) is 3.49. The van der Waals surface area contributed by atoms with Gasteiger partial charge < -0.3 is 15.2 Å². The van der Waals surface area contributed by atoms with E-state index in [0.29, 0.717) is 12.2 Å². The Hall–Kier alpha value is -1.81. The van der Waals surface area contributed by atoms with E-state index in [0.717, 1.165) is 5.56 Å². The molecule has 0 radical (unpaired) electrons. The average molecular weight is 247 g/mol. The summed E-state index contributed by atoms with van der Waals surface area (Å²) in [5.74, 6) is -0.597. The Morgan fingerprint density at radius 3 is 2.78 bits per heavy atom. The van der Waals surface area contributed by atoms with Crippen LogP contribution in [0, 0.1) is 5.92 Å². The smallest absolute Gasteiger partial charge is 0.332 e. The number of benzene rings is 1. The second-order valence-electron chi connectivity index (χ2n) is 4.49. The molecule has 2 N–H and O–H groups in total. The Morgan fingerprint density at radius 2 is 2.17 bits per heavy atom. The molecular weight excluding hydrogens is 230 g/mol. The fourth-order valence-electron chi connectivity index (χ4n) is 2.24. The molecule has 1 aromatic rings. The highest BCUT2D eigenvalue weighted by Gasteiger charge is 2.43. The number of methoxy groups -OCH3 is 1. The van der Waals surface area contributed by atoms with Crippen LogP contribution in [0.2, 0.25) is 0 Å². The summed E-state index contributed by atoms with van der Waals surface area (Å²) in [6, 6.07) is 9.47. The summed E-state index contributed by atoms with van der Waals surface area (Å²) in [7, 11) is 1.34. The number of hydrogen-bond acceptors (Lipinski definition) is 4. The molecule has 4 heteroatoms. The minimum Gasteiger partial charge on any atom is -0.466 e. The number of esters is 1. The van der Waals surface area contributed by atoms with E-state index in [1.165, 1.54) is 13.2 Å². The number of nitrogens with one attached hydrogen (secondary N) is 1. The molecule has 0 saturated carbocycles. The van der Waals surface area contributed by atoms with Gasteiger partial charge in [0.05, 0.1) is 7.11 Å². The second kappa shape index (κ2) is 4.82. The highest BCUT2D eigenvalue weighted by atomic mass is 16.5. The van der Waals surface area contributed by atoms with Crippen LogP contribution in [0.3, 0.4) is 0 Å². The predicted molar refractivity (Wildman–Crippen MR) is 67.6 cm³/mol. The summed E-state index contributed by atoms with van der Waals surface area (Å²) in [5, 5.41) is 13.8. The summed E-state index contributed by atoms with van der Waals surface area (Å²) >= 11 is 0. The highest BCUT2D eigenvalue weighted by Crippen LogP contribution is 2.37. The lowest BCUT2D eigenvalue weighted by molar-refractivity contribution is -0.134. The van der Waals surface area contributed by atoms with E-state index < -0.39 is 11.6 Å². The Balaban J connectivity index is 2.28. The van der Waals surface area contributed by atoms with Crippen molar-refractivity contribution < 1.29 is 14.6 Å². The largest absolute Gasteiger partial charge is 0.466 e. The summed E-state index contributed by atoms with van der Waals surface area (Å²) in [5.41, 5.74) is 0.563. The monoisotopic (exact) mass is 247 g/mol. The van der Waals surface area contributed by atoms with Gasteiger partial charge in [0.15, 0.2) is 0 Å². The molecule has 1 aliphatic heterocycles. The van der Waals surface area contributed by atoms with Gasteiger partial charge in [0.1, 0.15) is 5.60 Å². The minimum atomic E-state index is -0.985. The molecule has 96 valence electrons. The summed E-state index contributed by atoms with van der Waals surface area (Å²) < 4.78 is 4.60. The van der Waals surface area contributed by atoms with Crippen LogP contribution < -0.4 is 5.32 Å². The van der Waals surface area contributed by atoms with E-state index in [4.69, 9.17) is 0 Å². The van der Waals surface area contributed by atoms with Crippen LogP contribution in [-0.4, -0.2) is 24.7 Å². The van der Waals surface area contributed by atoms with Crippen molar-refractivity contribution in [2.45, 2.75) is 12.5 Å². The first-order chi connectivity index (χ1) is 8.58. The van der Waals surface area contributed by atoms with Crippen molar-refractivity contribution in [2.24, 2.45) is 5.92 Å². The van der Waals surface area contributed by atoms with E-state index in [1.54, 1.807) is 0 Å². The minimum absolute atomic E-state index is 0.181. The fourth-order valence-corrected chi connectivity index (χ4v) is 2.24. The van der Waals surface area contributed by atoms with Crippen molar-refractivity contribution in [1.82, 2.24) is 5.32 Å². The lowest BCUT2D eigenvalue weighted by Crippen LogP contribution is -2.33. The quantitative estimate of drug-likeness (QED) is 0.608. The van der Waals surface area contributed by atoms with Crippen LogP contribution in [0.25, 0.3) is 0 Å². The van der Waals surface area contributed by atoms with Gasteiger partial charge in [0.2, 0.25) is 0 Å². The fraction of sp³-hybridized carbons (Fsp3) is 0.357. The van der Waals surface area contributed by atoms with E-state index in [-0.39, 0.29) is 5.92 Å². The molecule has 0 spiro atoms. The first-order valence-corrected chi connectivity index (χ1v) is 5.89. The van der Waals surface area contributed by atoms with E-state index in [1.807, 2.05) is 37.3 Å². The molecule has 18 heavy (non-hydrogen) atoms. The maximum Gasteiger partial charge on any atom is 0.332 e. The summed E-state index contributed by atoms with van der Waals surface area (Å²) in [6.45, 7) is 2.28. The molecular formula is C14H17NO3. The van der Waals surface area contributed by atoms with Crippen molar-refractivity contribution in [2.75, 3.05) is 13.7 Å².